The molecule has 1 aliphatic rings. The van der Waals surface area contributed by atoms with Crippen molar-refractivity contribution in [1.29, 1.82) is 0 Å². The molecular weight excluding hydrogens is 248 g/mol. The molecule has 3 nitrogen and oxygen atoms in total. The molecule has 2 atom stereocenters. The van der Waals surface area contributed by atoms with Crippen LogP contribution in [0.15, 0.2) is 29.2 Å². The predicted octanol–water partition coefficient (Wildman–Crippen LogP) is 2.49. The largest absolute Gasteiger partial charge is 0.385 e. The number of fused-ring (bicyclic) bond motifs is 1. The third kappa shape index (κ3) is 2.31. The summed E-state index contributed by atoms with van der Waals surface area (Å²) in [7, 11) is -3.22. The van der Waals surface area contributed by atoms with E-state index in [1.54, 1.807) is 24.3 Å². The van der Waals surface area contributed by atoms with Crippen LogP contribution in [0.2, 0.25) is 0 Å². The van der Waals surface area contributed by atoms with Crippen LogP contribution in [0.4, 0.5) is 0 Å². The average molecular weight is 268 g/mol. The van der Waals surface area contributed by atoms with Gasteiger partial charge in [-0.3, -0.25) is 0 Å². The molecule has 100 valence electrons. The van der Waals surface area contributed by atoms with Crippen molar-refractivity contribution in [3.63, 3.8) is 0 Å². The molecule has 2 rings (SSSR count). The first-order chi connectivity index (χ1) is 8.39. The van der Waals surface area contributed by atoms with Crippen molar-refractivity contribution in [1.82, 2.24) is 0 Å². The van der Waals surface area contributed by atoms with Gasteiger partial charge in [-0.15, -0.1) is 0 Å². The summed E-state index contributed by atoms with van der Waals surface area (Å²) in [6.07, 6.45) is 1.91. The Morgan fingerprint density at radius 3 is 2.72 bits per heavy atom. The Morgan fingerprint density at radius 2 is 2.06 bits per heavy atom. The van der Waals surface area contributed by atoms with E-state index in [1.165, 1.54) is 0 Å². The van der Waals surface area contributed by atoms with Gasteiger partial charge in [0.1, 0.15) is 0 Å². The third-order valence-electron chi connectivity index (χ3n) is 3.89. The van der Waals surface area contributed by atoms with Gasteiger partial charge in [0, 0.05) is 5.56 Å². The van der Waals surface area contributed by atoms with Crippen molar-refractivity contribution in [2.75, 3.05) is 5.75 Å². The summed E-state index contributed by atoms with van der Waals surface area (Å²) in [5.74, 6) is 0.417. The molecule has 1 aromatic carbocycles. The molecule has 0 saturated carbocycles. The third-order valence-corrected chi connectivity index (χ3v) is 5.66. The van der Waals surface area contributed by atoms with E-state index < -0.39 is 15.4 Å². The van der Waals surface area contributed by atoms with Crippen molar-refractivity contribution in [2.45, 2.75) is 43.6 Å². The van der Waals surface area contributed by atoms with Gasteiger partial charge in [0.25, 0.3) is 0 Å². The van der Waals surface area contributed by atoms with E-state index >= 15 is 0 Å². The van der Waals surface area contributed by atoms with Gasteiger partial charge in [-0.25, -0.2) is 8.42 Å². The quantitative estimate of drug-likeness (QED) is 0.916. The van der Waals surface area contributed by atoms with Gasteiger partial charge < -0.3 is 5.11 Å². The Balaban J connectivity index is 2.48. The van der Waals surface area contributed by atoms with E-state index in [2.05, 4.69) is 13.8 Å². The molecule has 1 N–H and O–H groups in total. The lowest BCUT2D eigenvalue weighted by Crippen LogP contribution is -2.36. The second kappa shape index (κ2) is 4.67. The molecule has 0 aromatic heterocycles. The summed E-state index contributed by atoms with van der Waals surface area (Å²) in [6.45, 7) is 4.17. The van der Waals surface area contributed by atoms with Crippen molar-refractivity contribution in [3.05, 3.63) is 29.8 Å². The fourth-order valence-electron chi connectivity index (χ4n) is 2.60. The van der Waals surface area contributed by atoms with Crippen LogP contribution >= 0.6 is 0 Å². The molecule has 2 unspecified atom stereocenters. The molecule has 4 heteroatoms. The molecule has 0 aliphatic carbocycles. The summed E-state index contributed by atoms with van der Waals surface area (Å²) in [4.78, 5) is 0.307. The van der Waals surface area contributed by atoms with Crippen LogP contribution < -0.4 is 0 Å². The zero-order chi connectivity index (χ0) is 13.4. The van der Waals surface area contributed by atoms with Crippen molar-refractivity contribution >= 4 is 9.84 Å². The highest BCUT2D eigenvalue weighted by molar-refractivity contribution is 7.91. The SMILES string of the molecule is CCC(C)CC1(O)CCS(=O)(=O)c2ccccc21. The second-order valence-electron chi connectivity index (χ2n) is 5.31. The molecule has 1 heterocycles. The summed E-state index contributed by atoms with van der Waals surface area (Å²) in [5, 5.41) is 10.8. The monoisotopic (exact) mass is 268 g/mol. The maximum atomic E-state index is 12.0. The van der Waals surface area contributed by atoms with E-state index in [0.717, 1.165) is 6.42 Å². The van der Waals surface area contributed by atoms with Crippen LogP contribution in [0.1, 0.15) is 38.7 Å². The molecule has 0 amide bonds. The summed E-state index contributed by atoms with van der Waals surface area (Å²) < 4.78 is 24.0. The first-order valence-corrected chi connectivity index (χ1v) is 8.09. The molecule has 18 heavy (non-hydrogen) atoms. The number of benzene rings is 1. The van der Waals surface area contributed by atoms with Crippen LogP contribution in [0.3, 0.4) is 0 Å². The highest BCUT2D eigenvalue weighted by Gasteiger charge is 2.40. The minimum atomic E-state index is -3.22. The first-order valence-electron chi connectivity index (χ1n) is 6.44. The lowest BCUT2D eigenvalue weighted by atomic mass is 9.82. The zero-order valence-corrected chi connectivity index (χ0v) is 11.7. The predicted molar refractivity (Wildman–Crippen MR) is 71.1 cm³/mol. The zero-order valence-electron chi connectivity index (χ0n) is 10.9. The van der Waals surface area contributed by atoms with Gasteiger partial charge in [0.2, 0.25) is 0 Å². The van der Waals surface area contributed by atoms with Crippen molar-refractivity contribution in [3.8, 4) is 0 Å². The van der Waals surface area contributed by atoms with Gasteiger partial charge in [-0.1, -0.05) is 38.5 Å². The van der Waals surface area contributed by atoms with E-state index in [-0.39, 0.29) is 5.75 Å². The van der Waals surface area contributed by atoms with Gasteiger partial charge in [-0.05, 0) is 24.8 Å². The number of aliphatic hydroxyl groups is 1. The Labute approximate surface area is 109 Å². The van der Waals surface area contributed by atoms with Crippen LogP contribution in [-0.2, 0) is 15.4 Å². The van der Waals surface area contributed by atoms with E-state index in [9.17, 15) is 13.5 Å². The normalized spacial score (nSPS) is 27.5. The fourth-order valence-corrected chi connectivity index (χ4v) is 4.31. The smallest absolute Gasteiger partial charge is 0.178 e. The molecular formula is C14H20O3S. The van der Waals surface area contributed by atoms with E-state index in [4.69, 9.17) is 0 Å². The van der Waals surface area contributed by atoms with Crippen molar-refractivity contribution in [2.24, 2.45) is 5.92 Å². The number of hydrogen-bond acceptors (Lipinski definition) is 3. The number of hydrogen-bond donors (Lipinski definition) is 1. The molecule has 0 bridgehead atoms. The summed E-state index contributed by atoms with van der Waals surface area (Å²) in [5.41, 5.74) is -0.409. The molecule has 0 saturated heterocycles. The Morgan fingerprint density at radius 1 is 1.39 bits per heavy atom. The highest BCUT2D eigenvalue weighted by atomic mass is 32.2. The molecule has 0 fully saturated rings. The second-order valence-corrected chi connectivity index (χ2v) is 7.39. The standard InChI is InChI=1S/C14H20O3S/c1-3-11(2)10-14(15)8-9-18(16,17)13-7-5-4-6-12(13)14/h4-7,11,15H,3,8-10H2,1-2H3. The highest BCUT2D eigenvalue weighted by Crippen LogP contribution is 2.41. The maximum Gasteiger partial charge on any atom is 0.178 e. The molecule has 1 aromatic rings. The Kier molecular flexibility index (Phi) is 3.52. The number of rotatable bonds is 3. The van der Waals surface area contributed by atoms with E-state index in [0.29, 0.717) is 29.2 Å². The fraction of sp³-hybridized carbons (Fsp3) is 0.571. The Bertz CT molecular complexity index is 536. The maximum absolute atomic E-state index is 12.0. The number of sulfone groups is 1. The lowest BCUT2D eigenvalue weighted by molar-refractivity contribution is 0.00463. The topological polar surface area (TPSA) is 54.4 Å². The molecule has 0 spiro atoms. The van der Waals surface area contributed by atoms with E-state index in [1.807, 2.05) is 0 Å². The minimum absolute atomic E-state index is 0.0386. The van der Waals surface area contributed by atoms with Gasteiger partial charge in [-0.2, -0.15) is 0 Å². The lowest BCUT2D eigenvalue weighted by Gasteiger charge is -2.36. The first kappa shape index (κ1) is 13.6. The van der Waals surface area contributed by atoms with Crippen LogP contribution in [0, 0.1) is 5.92 Å². The van der Waals surface area contributed by atoms with Crippen LogP contribution in [0.25, 0.3) is 0 Å². The van der Waals surface area contributed by atoms with Crippen LogP contribution in [0.5, 0.6) is 0 Å². The van der Waals surface area contributed by atoms with Crippen LogP contribution in [-0.4, -0.2) is 19.3 Å². The minimum Gasteiger partial charge on any atom is -0.385 e. The van der Waals surface area contributed by atoms with Gasteiger partial charge in [0.15, 0.2) is 9.84 Å². The van der Waals surface area contributed by atoms with Gasteiger partial charge >= 0.3 is 0 Å². The Hall–Kier alpha value is -0.870. The van der Waals surface area contributed by atoms with Crippen molar-refractivity contribution < 1.29 is 13.5 Å². The van der Waals surface area contributed by atoms with Gasteiger partial charge in [0.05, 0.1) is 16.2 Å². The summed E-state index contributed by atoms with van der Waals surface area (Å²) in [6, 6.07) is 6.85. The summed E-state index contributed by atoms with van der Waals surface area (Å²) >= 11 is 0. The average Bonchev–Trinajstić information content (AvgIpc) is 2.35. The molecule has 1 aliphatic heterocycles. The molecule has 0 radical (unpaired) electrons.